The molecule has 0 aromatic carbocycles. The van der Waals surface area contributed by atoms with Crippen molar-refractivity contribution in [3.05, 3.63) is 18.2 Å². The van der Waals surface area contributed by atoms with Crippen molar-refractivity contribution < 1.29 is 9.50 Å². The smallest absolute Gasteiger partial charge is 0.222 e. The maximum atomic E-state index is 12.3. The summed E-state index contributed by atoms with van der Waals surface area (Å²) in [6.45, 7) is 2.27. The molecule has 0 aliphatic heterocycles. The van der Waals surface area contributed by atoms with Gasteiger partial charge < -0.3 is 10.4 Å². The number of nitrogens with one attached hydrogen (secondary N) is 1. The molecule has 1 heterocycles. The van der Waals surface area contributed by atoms with Gasteiger partial charge in [0.2, 0.25) is 5.95 Å². The molecule has 1 rings (SSSR count). The van der Waals surface area contributed by atoms with Crippen LogP contribution in [0.15, 0.2) is 12.4 Å². The first-order chi connectivity index (χ1) is 6.18. The molecule has 0 amide bonds. The third-order valence-corrected chi connectivity index (χ3v) is 1.47. The third kappa shape index (κ3) is 3.80. The van der Waals surface area contributed by atoms with Gasteiger partial charge in [-0.2, -0.15) is 0 Å². The highest BCUT2D eigenvalue weighted by molar-refractivity contribution is 5.21. The lowest BCUT2D eigenvalue weighted by Gasteiger charge is -2.05. The van der Waals surface area contributed by atoms with Crippen LogP contribution >= 0.6 is 0 Å². The molecular formula is C8H12FN3O. The van der Waals surface area contributed by atoms with Crippen molar-refractivity contribution in [3.63, 3.8) is 0 Å². The lowest BCUT2D eigenvalue weighted by molar-refractivity contribution is 0.188. The second-order valence-corrected chi connectivity index (χ2v) is 2.79. The number of aliphatic hydroxyl groups excluding tert-OH is 1. The van der Waals surface area contributed by atoms with Crippen molar-refractivity contribution in [3.8, 4) is 0 Å². The molecule has 0 saturated carbocycles. The van der Waals surface area contributed by atoms with Crippen LogP contribution in [0.2, 0.25) is 0 Å². The molecule has 1 aromatic heterocycles. The van der Waals surface area contributed by atoms with Crippen molar-refractivity contribution in [2.75, 3.05) is 11.9 Å². The van der Waals surface area contributed by atoms with Gasteiger partial charge >= 0.3 is 0 Å². The molecule has 0 radical (unpaired) electrons. The van der Waals surface area contributed by atoms with Crippen LogP contribution in [0.4, 0.5) is 10.3 Å². The van der Waals surface area contributed by atoms with E-state index in [1.54, 1.807) is 6.92 Å². The topological polar surface area (TPSA) is 58.0 Å². The van der Waals surface area contributed by atoms with Gasteiger partial charge in [0.25, 0.3) is 0 Å². The van der Waals surface area contributed by atoms with Gasteiger partial charge in [-0.25, -0.2) is 14.4 Å². The number of aromatic nitrogens is 2. The number of aliphatic hydroxyl groups is 1. The Morgan fingerprint density at radius 3 is 2.69 bits per heavy atom. The summed E-state index contributed by atoms with van der Waals surface area (Å²) in [5.41, 5.74) is 0. The molecule has 0 saturated heterocycles. The number of anilines is 1. The van der Waals surface area contributed by atoms with Gasteiger partial charge in [-0.3, -0.25) is 0 Å². The number of hydrogen-bond donors (Lipinski definition) is 2. The highest BCUT2D eigenvalue weighted by Gasteiger charge is 1.97. The van der Waals surface area contributed by atoms with E-state index in [1.165, 1.54) is 0 Å². The second kappa shape index (κ2) is 4.71. The van der Waals surface area contributed by atoms with Crippen molar-refractivity contribution in [1.29, 1.82) is 0 Å². The van der Waals surface area contributed by atoms with Gasteiger partial charge in [0, 0.05) is 6.54 Å². The minimum atomic E-state index is -0.457. The zero-order chi connectivity index (χ0) is 9.68. The first kappa shape index (κ1) is 9.85. The summed E-state index contributed by atoms with van der Waals surface area (Å²) in [5, 5.41) is 11.8. The predicted octanol–water partition coefficient (Wildman–Crippen LogP) is 0.798. The Morgan fingerprint density at radius 2 is 2.15 bits per heavy atom. The number of rotatable bonds is 4. The SMILES string of the molecule is CC(O)CCNc1ncc(F)cn1. The van der Waals surface area contributed by atoms with E-state index in [9.17, 15) is 4.39 Å². The van der Waals surface area contributed by atoms with E-state index < -0.39 is 5.82 Å². The fourth-order valence-electron chi connectivity index (χ4n) is 0.796. The minimum absolute atomic E-state index is 0.354. The minimum Gasteiger partial charge on any atom is -0.393 e. The standard InChI is InChI=1S/C8H12FN3O/c1-6(13)2-3-10-8-11-4-7(9)5-12-8/h4-6,13H,2-3H2,1H3,(H,10,11,12). The van der Waals surface area contributed by atoms with Crippen molar-refractivity contribution in [2.45, 2.75) is 19.4 Å². The Bertz CT molecular complexity index is 250. The van der Waals surface area contributed by atoms with Gasteiger partial charge in [0.15, 0.2) is 5.82 Å². The largest absolute Gasteiger partial charge is 0.393 e. The second-order valence-electron chi connectivity index (χ2n) is 2.79. The molecule has 0 bridgehead atoms. The first-order valence-corrected chi connectivity index (χ1v) is 4.08. The van der Waals surface area contributed by atoms with E-state index in [2.05, 4.69) is 15.3 Å². The van der Waals surface area contributed by atoms with E-state index in [4.69, 9.17) is 5.11 Å². The Morgan fingerprint density at radius 1 is 1.54 bits per heavy atom. The fraction of sp³-hybridized carbons (Fsp3) is 0.500. The highest BCUT2D eigenvalue weighted by atomic mass is 19.1. The van der Waals surface area contributed by atoms with E-state index in [-0.39, 0.29) is 6.10 Å². The summed E-state index contributed by atoms with van der Waals surface area (Å²) < 4.78 is 12.3. The molecule has 0 fully saturated rings. The molecule has 5 heteroatoms. The molecule has 13 heavy (non-hydrogen) atoms. The van der Waals surface area contributed by atoms with Crippen molar-refractivity contribution >= 4 is 5.95 Å². The van der Waals surface area contributed by atoms with Crippen LogP contribution < -0.4 is 5.32 Å². The van der Waals surface area contributed by atoms with Gasteiger partial charge in [-0.15, -0.1) is 0 Å². The summed E-state index contributed by atoms with van der Waals surface area (Å²) in [7, 11) is 0. The number of hydrogen-bond acceptors (Lipinski definition) is 4. The van der Waals surface area contributed by atoms with Crippen LogP contribution in [-0.2, 0) is 0 Å². The van der Waals surface area contributed by atoms with Gasteiger partial charge in [-0.1, -0.05) is 0 Å². The molecule has 1 atom stereocenters. The quantitative estimate of drug-likeness (QED) is 0.728. The summed E-state index contributed by atoms with van der Waals surface area (Å²) >= 11 is 0. The summed E-state index contributed by atoms with van der Waals surface area (Å²) in [6.07, 6.45) is 2.45. The van der Waals surface area contributed by atoms with E-state index >= 15 is 0 Å². The van der Waals surface area contributed by atoms with Crippen LogP contribution in [0.25, 0.3) is 0 Å². The molecule has 2 N–H and O–H groups in total. The molecule has 1 unspecified atom stereocenters. The van der Waals surface area contributed by atoms with Crippen LogP contribution in [0.3, 0.4) is 0 Å². The van der Waals surface area contributed by atoms with E-state index in [1.807, 2.05) is 0 Å². The van der Waals surface area contributed by atoms with Crippen molar-refractivity contribution in [1.82, 2.24) is 9.97 Å². The molecule has 1 aromatic rings. The number of halogens is 1. The summed E-state index contributed by atoms with van der Waals surface area (Å²) in [4.78, 5) is 7.39. The predicted molar refractivity (Wildman–Crippen MR) is 46.8 cm³/mol. The molecule has 0 aliphatic rings. The lowest BCUT2D eigenvalue weighted by Crippen LogP contribution is -2.11. The Kier molecular flexibility index (Phi) is 3.57. The first-order valence-electron chi connectivity index (χ1n) is 4.08. The maximum Gasteiger partial charge on any atom is 0.222 e. The molecule has 4 nitrogen and oxygen atoms in total. The van der Waals surface area contributed by atoms with Crippen LogP contribution in [0.5, 0.6) is 0 Å². The van der Waals surface area contributed by atoms with Crippen molar-refractivity contribution in [2.24, 2.45) is 0 Å². The highest BCUT2D eigenvalue weighted by Crippen LogP contribution is 1.98. The normalized spacial score (nSPS) is 12.5. The average Bonchev–Trinajstić information content (AvgIpc) is 2.08. The average molecular weight is 185 g/mol. The maximum absolute atomic E-state index is 12.3. The molecule has 0 aliphatic carbocycles. The zero-order valence-electron chi connectivity index (χ0n) is 7.37. The van der Waals surface area contributed by atoms with E-state index in [0.717, 1.165) is 12.4 Å². The monoisotopic (exact) mass is 185 g/mol. The van der Waals surface area contributed by atoms with Crippen LogP contribution in [0, 0.1) is 5.82 Å². The Labute approximate surface area is 75.8 Å². The molecule has 72 valence electrons. The van der Waals surface area contributed by atoms with Crippen LogP contribution in [0.1, 0.15) is 13.3 Å². The van der Waals surface area contributed by atoms with Gasteiger partial charge in [-0.05, 0) is 13.3 Å². The fourth-order valence-corrected chi connectivity index (χ4v) is 0.796. The summed E-state index contributed by atoms with van der Waals surface area (Å²) in [5.74, 6) is -0.0804. The summed E-state index contributed by atoms with van der Waals surface area (Å²) in [6, 6.07) is 0. The van der Waals surface area contributed by atoms with E-state index in [0.29, 0.717) is 18.9 Å². The molecular weight excluding hydrogens is 173 g/mol. The molecule has 0 spiro atoms. The number of nitrogens with zero attached hydrogens (tertiary/aromatic N) is 2. The van der Waals surface area contributed by atoms with Gasteiger partial charge in [0.1, 0.15) is 0 Å². The third-order valence-electron chi connectivity index (χ3n) is 1.47. The zero-order valence-corrected chi connectivity index (χ0v) is 7.37. The Hall–Kier alpha value is -1.23. The van der Waals surface area contributed by atoms with Crippen LogP contribution in [-0.4, -0.2) is 27.7 Å². The lowest BCUT2D eigenvalue weighted by atomic mass is 10.3. The van der Waals surface area contributed by atoms with Gasteiger partial charge in [0.05, 0.1) is 18.5 Å². The Balaban J connectivity index is 2.33.